The lowest BCUT2D eigenvalue weighted by atomic mass is 10.0. The maximum atomic E-state index is 13.6. The fourth-order valence-electron chi connectivity index (χ4n) is 4.79. The number of amides is 2. The number of fused-ring (bicyclic) bond motifs is 1. The molecule has 42 heavy (non-hydrogen) atoms. The highest BCUT2D eigenvalue weighted by atomic mass is 19.4. The van der Waals surface area contributed by atoms with Gasteiger partial charge in [-0.1, -0.05) is 44.2 Å². The van der Waals surface area contributed by atoms with Gasteiger partial charge in [-0.2, -0.15) is 13.2 Å². The van der Waals surface area contributed by atoms with E-state index in [-0.39, 0.29) is 35.5 Å². The topological polar surface area (TPSA) is 115 Å². The first-order chi connectivity index (χ1) is 20.0. The van der Waals surface area contributed by atoms with Crippen LogP contribution in [0.2, 0.25) is 0 Å². The molecule has 0 radical (unpaired) electrons. The van der Waals surface area contributed by atoms with E-state index in [1.54, 1.807) is 42.5 Å². The van der Waals surface area contributed by atoms with Crippen molar-refractivity contribution in [2.24, 2.45) is 5.92 Å². The van der Waals surface area contributed by atoms with Gasteiger partial charge in [-0.05, 0) is 41.8 Å². The molecular weight excluding hydrogens is 553 g/mol. The minimum atomic E-state index is -4.94. The second-order valence-corrected chi connectivity index (χ2v) is 9.96. The molecule has 1 N–H and O–H groups in total. The molecule has 0 saturated carbocycles. The number of pyridine rings is 1. The van der Waals surface area contributed by atoms with Crippen molar-refractivity contribution in [3.05, 3.63) is 89.4 Å². The zero-order valence-electron chi connectivity index (χ0n) is 22.7. The number of benzene rings is 2. The lowest BCUT2D eigenvalue weighted by Gasteiger charge is -2.28. The largest absolute Gasteiger partial charge is 0.467 e. The molecule has 1 aliphatic rings. The smallest absolute Gasteiger partial charge is 0.452 e. The van der Waals surface area contributed by atoms with Crippen LogP contribution < -0.4 is 5.32 Å². The number of methoxy groups -OCH3 is 1. The number of halogens is 3. The number of oxazole rings is 1. The molecule has 2 aromatic carbocycles. The first kappa shape index (κ1) is 28.5. The molecule has 0 fully saturated rings. The standard InChI is InChI=1S/C30H25F3N4O5/c1-16(2)24(29(40)41-3)37-15-19-10-9-18(13-21(19)28(37)39)22-12-11-20(14-34-22)35-26(38)23-25(30(31,32)33)42-27(36-23)17-7-5-4-6-8-17/h4-14,16,24H,15H2,1-3H3,(H,35,38)/t24-/m0/s1. The number of aromatic nitrogens is 2. The molecule has 5 rings (SSSR count). The Kier molecular flexibility index (Phi) is 7.55. The molecule has 3 heterocycles. The zero-order chi connectivity index (χ0) is 30.2. The van der Waals surface area contributed by atoms with Gasteiger partial charge in [0.25, 0.3) is 11.8 Å². The molecule has 0 aliphatic carbocycles. The van der Waals surface area contributed by atoms with Gasteiger partial charge in [-0.15, -0.1) is 0 Å². The highest BCUT2D eigenvalue weighted by molar-refractivity contribution is 6.04. The first-order valence-electron chi connectivity index (χ1n) is 12.9. The zero-order valence-corrected chi connectivity index (χ0v) is 22.7. The van der Waals surface area contributed by atoms with Crippen molar-refractivity contribution < 1.29 is 36.7 Å². The summed E-state index contributed by atoms with van der Waals surface area (Å²) >= 11 is 0. The van der Waals surface area contributed by atoms with Crippen molar-refractivity contribution >= 4 is 23.5 Å². The predicted octanol–water partition coefficient (Wildman–Crippen LogP) is 5.83. The molecule has 2 aromatic heterocycles. The van der Waals surface area contributed by atoms with Crippen molar-refractivity contribution in [2.45, 2.75) is 32.6 Å². The van der Waals surface area contributed by atoms with Crippen LogP contribution in [0.5, 0.6) is 0 Å². The third-order valence-corrected chi connectivity index (χ3v) is 6.79. The predicted molar refractivity (Wildman–Crippen MR) is 145 cm³/mol. The van der Waals surface area contributed by atoms with Crippen molar-refractivity contribution in [2.75, 3.05) is 12.4 Å². The van der Waals surface area contributed by atoms with Gasteiger partial charge in [0.1, 0.15) is 6.04 Å². The molecule has 1 aliphatic heterocycles. The summed E-state index contributed by atoms with van der Waals surface area (Å²) in [5.41, 5.74) is 1.75. The molecule has 12 heteroatoms. The Morgan fingerprint density at radius 3 is 2.40 bits per heavy atom. The van der Waals surface area contributed by atoms with Gasteiger partial charge in [-0.3, -0.25) is 14.6 Å². The van der Waals surface area contributed by atoms with Crippen LogP contribution >= 0.6 is 0 Å². The Hall–Kier alpha value is -5.00. The number of anilines is 1. The monoisotopic (exact) mass is 578 g/mol. The number of ether oxygens (including phenoxy) is 1. The lowest BCUT2D eigenvalue weighted by molar-refractivity contribution is -0.153. The summed E-state index contributed by atoms with van der Waals surface area (Å²) in [4.78, 5) is 48.0. The third kappa shape index (κ3) is 5.47. The summed E-state index contributed by atoms with van der Waals surface area (Å²) in [5.74, 6) is -3.91. The quantitative estimate of drug-likeness (QED) is 0.275. The Morgan fingerprint density at radius 1 is 1.05 bits per heavy atom. The number of nitrogens with one attached hydrogen (secondary N) is 1. The van der Waals surface area contributed by atoms with E-state index < -0.39 is 35.5 Å². The second-order valence-electron chi connectivity index (χ2n) is 9.96. The van der Waals surface area contributed by atoms with Gasteiger partial charge >= 0.3 is 12.1 Å². The maximum absolute atomic E-state index is 13.6. The Labute approximate surface area is 238 Å². The minimum Gasteiger partial charge on any atom is -0.467 e. The molecule has 0 spiro atoms. The Balaban J connectivity index is 1.35. The van der Waals surface area contributed by atoms with E-state index in [0.717, 1.165) is 5.56 Å². The van der Waals surface area contributed by atoms with Crippen LogP contribution in [0, 0.1) is 5.92 Å². The number of rotatable bonds is 7. The summed E-state index contributed by atoms with van der Waals surface area (Å²) in [6.45, 7) is 3.93. The number of alkyl halides is 3. The summed E-state index contributed by atoms with van der Waals surface area (Å²) in [6, 6.07) is 15.5. The van der Waals surface area contributed by atoms with Crippen molar-refractivity contribution in [1.82, 2.24) is 14.9 Å². The fourth-order valence-corrected chi connectivity index (χ4v) is 4.79. The van der Waals surface area contributed by atoms with Gasteiger partial charge in [0.05, 0.1) is 24.7 Å². The van der Waals surface area contributed by atoms with Crippen LogP contribution in [-0.2, 0) is 22.3 Å². The van der Waals surface area contributed by atoms with E-state index in [0.29, 0.717) is 16.8 Å². The van der Waals surface area contributed by atoms with E-state index in [2.05, 4.69) is 15.3 Å². The molecule has 9 nitrogen and oxygen atoms in total. The molecular formula is C30H25F3N4O5. The van der Waals surface area contributed by atoms with E-state index in [1.165, 1.54) is 36.4 Å². The van der Waals surface area contributed by atoms with Gasteiger partial charge in [0, 0.05) is 23.2 Å². The van der Waals surface area contributed by atoms with E-state index in [1.807, 2.05) is 13.8 Å². The number of esters is 1. The normalized spacial score (nSPS) is 13.7. The summed E-state index contributed by atoms with van der Waals surface area (Å²) in [6.07, 6.45) is -3.66. The second kappa shape index (κ2) is 11.1. The number of carbonyl (C=O) groups excluding carboxylic acids is 3. The molecule has 216 valence electrons. The fraction of sp³-hybridized carbons (Fsp3) is 0.233. The number of carbonyl (C=O) groups is 3. The van der Waals surface area contributed by atoms with Crippen molar-refractivity contribution in [1.29, 1.82) is 0 Å². The molecule has 1 atom stereocenters. The summed E-state index contributed by atoms with van der Waals surface area (Å²) < 4.78 is 50.7. The van der Waals surface area contributed by atoms with E-state index in [9.17, 15) is 27.6 Å². The SMILES string of the molecule is COC(=O)[C@H](C(C)C)N1Cc2ccc(-c3ccc(NC(=O)c4nc(-c5ccccc5)oc4C(F)(F)F)cn3)cc2C1=O. The maximum Gasteiger partial charge on any atom is 0.452 e. The van der Waals surface area contributed by atoms with Crippen LogP contribution in [0.1, 0.15) is 46.0 Å². The van der Waals surface area contributed by atoms with E-state index in [4.69, 9.17) is 9.15 Å². The summed E-state index contributed by atoms with van der Waals surface area (Å²) in [5, 5.41) is 2.38. The van der Waals surface area contributed by atoms with Gasteiger partial charge < -0.3 is 19.4 Å². The van der Waals surface area contributed by atoms with Crippen molar-refractivity contribution in [3.8, 4) is 22.7 Å². The number of nitrogens with zero attached hydrogens (tertiary/aromatic N) is 3. The van der Waals surface area contributed by atoms with Crippen LogP contribution in [0.4, 0.5) is 18.9 Å². The van der Waals surface area contributed by atoms with Crippen LogP contribution in [0.25, 0.3) is 22.7 Å². The van der Waals surface area contributed by atoms with E-state index >= 15 is 0 Å². The third-order valence-electron chi connectivity index (χ3n) is 6.79. The Morgan fingerprint density at radius 2 is 1.79 bits per heavy atom. The van der Waals surface area contributed by atoms with Gasteiger partial charge in [0.15, 0.2) is 5.69 Å². The van der Waals surface area contributed by atoms with Gasteiger partial charge in [-0.25, -0.2) is 9.78 Å². The van der Waals surface area contributed by atoms with Gasteiger partial charge in [0.2, 0.25) is 11.7 Å². The average molecular weight is 579 g/mol. The summed E-state index contributed by atoms with van der Waals surface area (Å²) in [7, 11) is 1.28. The van der Waals surface area contributed by atoms with Crippen LogP contribution in [0.15, 0.2) is 71.3 Å². The lowest BCUT2D eigenvalue weighted by Crippen LogP contribution is -2.45. The highest BCUT2D eigenvalue weighted by Crippen LogP contribution is 2.36. The number of hydrogen-bond donors (Lipinski definition) is 1. The molecule has 2 amide bonds. The Bertz CT molecular complexity index is 1650. The first-order valence-corrected chi connectivity index (χ1v) is 12.9. The molecule has 0 unspecified atom stereocenters. The minimum absolute atomic E-state index is 0.127. The molecule has 4 aromatic rings. The van der Waals surface area contributed by atoms with Crippen LogP contribution in [-0.4, -0.2) is 45.8 Å². The van der Waals surface area contributed by atoms with Crippen LogP contribution in [0.3, 0.4) is 0 Å². The molecule has 0 saturated heterocycles. The number of hydrogen-bond acceptors (Lipinski definition) is 7. The highest BCUT2D eigenvalue weighted by Gasteiger charge is 2.42. The van der Waals surface area contributed by atoms with Crippen molar-refractivity contribution in [3.63, 3.8) is 0 Å². The molecule has 0 bridgehead atoms. The average Bonchev–Trinajstić information content (AvgIpc) is 3.56.